The van der Waals surface area contributed by atoms with Crippen LogP contribution < -0.4 is 10.1 Å². The Bertz CT molecular complexity index is 666. The molecule has 1 unspecified atom stereocenters. The third-order valence-electron chi connectivity index (χ3n) is 4.34. The highest BCUT2D eigenvalue weighted by Gasteiger charge is 2.21. The number of rotatable bonds is 5. The van der Waals surface area contributed by atoms with Gasteiger partial charge in [-0.3, -0.25) is 0 Å². The molecule has 3 nitrogen and oxygen atoms in total. The highest BCUT2D eigenvalue weighted by molar-refractivity contribution is 5.44. The van der Waals surface area contributed by atoms with Crippen LogP contribution in [-0.4, -0.2) is 18.3 Å². The molecule has 3 heteroatoms. The number of fused-ring (bicyclic) bond motifs is 1. The molecule has 2 aromatic rings. The summed E-state index contributed by atoms with van der Waals surface area (Å²) in [4.78, 5) is 0. The van der Waals surface area contributed by atoms with E-state index in [0.29, 0.717) is 11.7 Å². The Morgan fingerprint density at radius 1 is 1.22 bits per heavy atom. The molecule has 0 bridgehead atoms. The zero-order valence-corrected chi connectivity index (χ0v) is 13.9. The second-order valence-corrected chi connectivity index (χ2v) is 6.62. The fraction of sp³-hybridized carbons (Fsp3) is 0.400. The Labute approximate surface area is 138 Å². The molecule has 0 aromatic heterocycles. The molecule has 0 spiro atoms. The van der Waals surface area contributed by atoms with Gasteiger partial charge in [-0.1, -0.05) is 32.0 Å². The lowest BCUT2D eigenvalue weighted by molar-refractivity contribution is 0.289. The number of phenols is 1. The summed E-state index contributed by atoms with van der Waals surface area (Å²) in [5.74, 6) is 1.92. The molecule has 3 rings (SSSR count). The standard InChI is InChI=1S/C20H25NO2/c1-14(2)9-11-23-18-5-3-4-16(13-18)20-19-7-6-17(22)12-15(19)8-10-21-20/h3-7,12-14,20-22H,8-11H2,1-2H3. The lowest BCUT2D eigenvalue weighted by Crippen LogP contribution is -2.30. The summed E-state index contributed by atoms with van der Waals surface area (Å²) in [6, 6.07) is 14.2. The number of hydrogen-bond acceptors (Lipinski definition) is 3. The normalized spacial score (nSPS) is 17.1. The van der Waals surface area contributed by atoms with Gasteiger partial charge in [0.15, 0.2) is 0 Å². The molecular weight excluding hydrogens is 286 g/mol. The predicted molar refractivity (Wildman–Crippen MR) is 93.0 cm³/mol. The third-order valence-corrected chi connectivity index (χ3v) is 4.34. The van der Waals surface area contributed by atoms with Crippen molar-refractivity contribution in [3.63, 3.8) is 0 Å². The van der Waals surface area contributed by atoms with E-state index in [0.717, 1.165) is 31.7 Å². The highest BCUT2D eigenvalue weighted by Crippen LogP contribution is 2.32. The van der Waals surface area contributed by atoms with Crippen LogP contribution in [0.3, 0.4) is 0 Å². The van der Waals surface area contributed by atoms with Crippen LogP contribution >= 0.6 is 0 Å². The third kappa shape index (κ3) is 3.85. The Balaban J connectivity index is 1.80. The van der Waals surface area contributed by atoms with Gasteiger partial charge in [-0.05, 0) is 59.7 Å². The fourth-order valence-electron chi connectivity index (χ4n) is 3.05. The molecule has 0 fully saturated rings. The predicted octanol–water partition coefficient (Wildman–Crippen LogP) is 4.05. The average molecular weight is 311 g/mol. The summed E-state index contributed by atoms with van der Waals surface area (Å²) in [7, 11) is 0. The zero-order chi connectivity index (χ0) is 16.2. The van der Waals surface area contributed by atoms with E-state index in [1.807, 2.05) is 18.2 Å². The molecule has 122 valence electrons. The van der Waals surface area contributed by atoms with Crippen molar-refractivity contribution in [2.24, 2.45) is 5.92 Å². The molecule has 0 radical (unpaired) electrons. The smallest absolute Gasteiger partial charge is 0.119 e. The highest BCUT2D eigenvalue weighted by atomic mass is 16.5. The first-order valence-corrected chi connectivity index (χ1v) is 8.41. The van der Waals surface area contributed by atoms with Crippen LogP contribution in [-0.2, 0) is 6.42 Å². The lowest BCUT2D eigenvalue weighted by Gasteiger charge is -2.27. The Morgan fingerprint density at radius 3 is 2.91 bits per heavy atom. The van der Waals surface area contributed by atoms with Gasteiger partial charge in [-0.25, -0.2) is 0 Å². The van der Waals surface area contributed by atoms with E-state index < -0.39 is 0 Å². The van der Waals surface area contributed by atoms with Gasteiger partial charge < -0.3 is 15.2 Å². The molecule has 2 aromatic carbocycles. The fourth-order valence-corrected chi connectivity index (χ4v) is 3.05. The van der Waals surface area contributed by atoms with E-state index >= 15 is 0 Å². The number of ether oxygens (including phenoxy) is 1. The van der Waals surface area contributed by atoms with Crippen molar-refractivity contribution in [2.45, 2.75) is 32.7 Å². The molecule has 2 N–H and O–H groups in total. The summed E-state index contributed by atoms with van der Waals surface area (Å²) in [6.07, 6.45) is 2.01. The quantitative estimate of drug-likeness (QED) is 0.875. The van der Waals surface area contributed by atoms with Crippen LogP contribution in [0.1, 0.15) is 43.0 Å². The van der Waals surface area contributed by atoms with E-state index in [9.17, 15) is 5.11 Å². The van der Waals surface area contributed by atoms with E-state index in [2.05, 4.69) is 37.4 Å². The SMILES string of the molecule is CC(C)CCOc1cccc(C2NCCc3cc(O)ccc32)c1. The second kappa shape index (κ2) is 7.05. The molecular formula is C20H25NO2. The van der Waals surface area contributed by atoms with E-state index in [1.54, 1.807) is 6.07 Å². The first-order valence-electron chi connectivity index (χ1n) is 8.41. The molecule has 0 aliphatic carbocycles. The summed E-state index contributed by atoms with van der Waals surface area (Å²) in [6.45, 7) is 6.08. The first kappa shape index (κ1) is 15.9. The largest absolute Gasteiger partial charge is 0.508 e. The van der Waals surface area contributed by atoms with Gasteiger partial charge in [0.25, 0.3) is 0 Å². The molecule has 0 saturated heterocycles. The summed E-state index contributed by atoms with van der Waals surface area (Å²) < 4.78 is 5.89. The Kier molecular flexibility index (Phi) is 4.87. The number of phenolic OH excluding ortho intramolecular Hbond substituents is 1. The number of nitrogens with one attached hydrogen (secondary N) is 1. The monoisotopic (exact) mass is 311 g/mol. The maximum atomic E-state index is 9.69. The molecule has 1 aliphatic rings. The van der Waals surface area contributed by atoms with Gasteiger partial charge in [-0.15, -0.1) is 0 Å². The summed E-state index contributed by atoms with van der Waals surface area (Å²) in [5, 5.41) is 13.3. The van der Waals surface area contributed by atoms with Gasteiger partial charge in [0, 0.05) is 6.54 Å². The average Bonchev–Trinajstić information content (AvgIpc) is 2.54. The van der Waals surface area contributed by atoms with E-state index in [1.165, 1.54) is 16.7 Å². The zero-order valence-electron chi connectivity index (χ0n) is 13.9. The van der Waals surface area contributed by atoms with Crippen molar-refractivity contribution >= 4 is 0 Å². The molecule has 0 amide bonds. The Hall–Kier alpha value is -2.00. The van der Waals surface area contributed by atoms with Crippen LogP contribution in [0, 0.1) is 5.92 Å². The topological polar surface area (TPSA) is 41.5 Å². The van der Waals surface area contributed by atoms with Gasteiger partial charge in [-0.2, -0.15) is 0 Å². The summed E-state index contributed by atoms with van der Waals surface area (Å²) >= 11 is 0. The maximum absolute atomic E-state index is 9.69. The minimum absolute atomic E-state index is 0.160. The van der Waals surface area contributed by atoms with Crippen molar-refractivity contribution in [3.05, 3.63) is 59.2 Å². The number of aromatic hydroxyl groups is 1. The molecule has 23 heavy (non-hydrogen) atoms. The number of hydrogen-bond donors (Lipinski definition) is 2. The van der Waals surface area contributed by atoms with Crippen molar-refractivity contribution in [1.29, 1.82) is 0 Å². The molecule has 0 saturated carbocycles. The second-order valence-electron chi connectivity index (χ2n) is 6.62. The number of benzene rings is 2. The van der Waals surface area contributed by atoms with E-state index in [4.69, 9.17) is 4.74 Å². The minimum atomic E-state index is 0.160. The van der Waals surface area contributed by atoms with Gasteiger partial charge in [0.2, 0.25) is 0 Å². The van der Waals surface area contributed by atoms with Crippen LogP contribution in [0.4, 0.5) is 0 Å². The van der Waals surface area contributed by atoms with Gasteiger partial charge >= 0.3 is 0 Å². The first-order chi connectivity index (χ1) is 11.1. The molecule has 1 heterocycles. The van der Waals surface area contributed by atoms with Crippen molar-refractivity contribution in [3.8, 4) is 11.5 Å². The van der Waals surface area contributed by atoms with Gasteiger partial charge in [0.1, 0.15) is 11.5 Å². The van der Waals surface area contributed by atoms with Crippen molar-refractivity contribution < 1.29 is 9.84 Å². The van der Waals surface area contributed by atoms with Gasteiger partial charge in [0.05, 0.1) is 12.6 Å². The van der Waals surface area contributed by atoms with Crippen LogP contribution in [0.5, 0.6) is 11.5 Å². The van der Waals surface area contributed by atoms with Crippen LogP contribution in [0.25, 0.3) is 0 Å². The lowest BCUT2D eigenvalue weighted by atomic mass is 9.89. The maximum Gasteiger partial charge on any atom is 0.119 e. The Morgan fingerprint density at radius 2 is 2.09 bits per heavy atom. The van der Waals surface area contributed by atoms with Crippen molar-refractivity contribution in [2.75, 3.05) is 13.2 Å². The van der Waals surface area contributed by atoms with E-state index in [-0.39, 0.29) is 6.04 Å². The summed E-state index contributed by atoms with van der Waals surface area (Å²) in [5.41, 5.74) is 3.67. The van der Waals surface area contributed by atoms with Crippen molar-refractivity contribution in [1.82, 2.24) is 5.32 Å². The van der Waals surface area contributed by atoms with Crippen LogP contribution in [0.15, 0.2) is 42.5 Å². The molecule has 1 atom stereocenters. The van der Waals surface area contributed by atoms with Crippen LogP contribution in [0.2, 0.25) is 0 Å². The minimum Gasteiger partial charge on any atom is -0.508 e. The molecule has 1 aliphatic heterocycles.